The van der Waals surface area contributed by atoms with Gasteiger partial charge in [-0.05, 0) is 92.0 Å². The van der Waals surface area contributed by atoms with Crippen LogP contribution in [0.5, 0.6) is 11.5 Å². The van der Waals surface area contributed by atoms with Gasteiger partial charge >= 0.3 is 0 Å². The smallest absolute Gasteiger partial charge is 0.119 e. The predicted octanol–water partition coefficient (Wildman–Crippen LogP) is 9.66. The van der Waals surface area contributed by atoms with Crippen LogP contribution in [0.2, 0.25) is 0 Å². The third-order valence-electron chi connectivity index (χ3n) is 9.80. The van der Waals surface area contributed by atoms with Crippen LogP contribution in [0.4, 0.5) is 0 Å². The summed E-state index contributed by atoms with van der Waals surface area (Å²) >= 11 is 1.28. The van der Waals surface area contributed by atoms with Crippen molar-refractivity contribution in [2.75, 3.05) is 14.2 Å². The molecule has 0 N–H and O–H groups in total. The van der Waals surface area contributed by atoms with Gasteiger partial charge < -0.3 is 9.47 Å². The molecule has 8 rings (SSSR count). The Labute approximate surface area is 256 Å². The average Bonchev–Trinajstić information content (AvgIpc) is 3.67. The minimum Gasteiger partial charge on any atom is -0.497 e. The van der Waals surface area contributed by atoms with E-state index in [0.29, 0.717) is 0 Å². The fraction of sp³-hybridized carbons (Fsp3) is 0.211. The highest BCUT2D eigenvalue weighted by Gasteiger charge is 2.37. The summed E-state index contributed by atoms with van der Waals surface area (Å²) in [6, 6.07) is 30.9. The molecule has 5 aromatic carbocycles. The Hall–Kier alpha value is -4.48. The van der Waals surface area contributed by atoms with E-state index in [9.17, 15) is 0 Å². The molecular formula is C38H32N2O2S. The van der Waals surface area contributed by atoms with Crippen LogP contribution in [0.3, 0.4) is 0 Å². The summed E-state index contributed by atoms with van der Waals surface area (Å²) in [6.45, 7) is 9.20. The second-order valence-corrected chi connectivity index (χ2v) is 13.2. The van der Waals surface area contributed by atoms with Crippen LogP contribution >= 0.6 is 11.7 Å². The summed E-state index contributed by atoms with van der Waals surface area (Å²) in [5, 5.41) is 0. The SMILES string of the molecule is COc1ccc2c(c1)C(C)(C)c1cc(-c3ccc(-c4ccc5c(c4)C(C)(C)c4cc(OC)ccc4-5)c4nsnc34)ccc1-2. The van der Waals surface area contributed by atoms with E-state index in [2.05, 4.69) is 113 Å². The van der Waals surface area contributed by atoms with Crippen molar-refractivity contribution in [3.05, 3.63) is 107 Å². The number of aromatic nitrogens is 2. The van der Waals surface area contributed by atoms with Crippen molar-refractivity contribution >= 4 is 22.8 Å². The zero-order valence-electron chi connectivity index (χ0n) is 25.2. The van der Waals surface area contributed by atoms with E-state index in [1.54, 1.807) is 14.2 Å². The van der Waals surface area contributed by atoms with Gasteiger partial charge in [-0.15, -0.1) is 0 Å². The van der Waals surface area contributed by atoms with Gasteiger partial charge in [-0.2, -0.15) is 8.75 Å². The molecule has 0 atom stereocenters. The highest BCUT2D eigenvalue weighted by molar-refractivity contribution is 7.00. The first-order chi connectivity index (χ1) is 20.7. The van der Waals surface area contributed by atoms with Crippen LogP contribution in [0.25, 0.3) is 55.5 Å². The van der Waals surface area contributed by atoms with Crippen LogP contribution in [-0.4, -0.2) is 23.0 Å². The number of benzene rings is 5. The third-order valence-corrected chi connectivity index (χ3v) is 10.3. The molecule has 0 unspecified atom stereocenters. The van der Waals surface area contributed by atoms with Gasteiger partial charge in [0.05, 0.1) is 25.9 Å². The molecule has 212 valence electrons. The quantitative estimate of drug-likeness (QED) is 0.208. The van der Waals surface area contributed by atoms with Gasteiger partial charge in [0.25, 0.3) is 0 Å². The topological polar surface area (TPSA) is 44.2 Å². The largest absolute Gasteiger partial charge is 0.497 e. The fourth-order valence-corrected chi connectivity index (χ4v) is 7.93. The van der Waals surface area contributed by atoms with Gasteiger partial charge in [-0.1, -0.05) is 76.2 Å². The Morgan fingerprint density at radius 3 is 1.21 bits per heavy atom. The van der Waals surface area contributed by atoms with Gasteiger partial charge in [0.15, 0.2) is 0 Å². The zero-order valence-corrected chi connectivity index (χ0v) is 26.0. The summed E-state index contributed by atoms with van der Waals surface area (Å²) < 4.78 is 20.8. The number of hydrogen-bond donors (Lipinski definition) is 0. The molecule has 0 bridgehead atoms. The number of rotatable bonds is 4. The zero-order chi connectivity index (χ0) is 29.7. The Balaban J connectivity index is 1.22. The van der Waals surface area contributed by atoms with Crippen molar-refractivity contribution in [3.63, 3.8) is 0 Å². The summed E-state index contributed by atoms with van der Waals surface area (Å²) in [6.07, 6.45) is 0. The maximum atomic E-state index is 5.55. The third kappa shape index (κ3) is 3.61. The van der Waals surface area contributed by atoms with Crippen molar-refractivity contribution in [2.45, 2.75) is 38.5 Å². The van der Waals surface area contributed by atoms with Crippen molar-refractivity contribution < 1.29 is 9.47 Å². The molecule has 5 heteroatoms. The van der Waals surface area contributed by atoms with Gasteiger partial charge in [-0.25, -0.2) is 0 Å². The first-order valence-electron chi connectivity index (χ1n) is 14.6. The Morgan fingerprint density at radius 1 is 0.465 bits per heavy atom. The number of fused-ring (bicyclic) bond motifs is 7. The molecule has 0 aliphatic heterocycles. The highest BCUT2D eigenvalue weighted by Crippen LogP contribution is 2.52. The molecule has 4 nitrogen and oxygen atoms in total. The van der Waals surface area contributed by atoms with Gasteiger partial charge in [0, 0.05) is 22.0 Å². The molecule has 0 saturated heterocycles. The molecule has 0 fully saturated rings. The second kappa shape index (κ2) is 9.01. The monoisotopic (exact) mass is 580 g/mol. The minimum absolute atomic E-state index is 0.132. The van der Waals surface area contributed by atoms with Crippen molar-refractivity contribution in [1.82, 2.24) is 8.75 Å². The molecule has 0 amide bonds. The maximum absolute atomic E-state index is 5.55. The molecule has 1 aromatic heterocycles. The maximum Gasteiger partial charge on any atom is 0.119 e. The van der Waals surface area contributed by atoms with Crippen molar-refractivity contribution in [3.8, 4) is 56.0 Å². The van der Waals surface area contributed by atoms with E-state index in [1.165, 1.54) is 56.2 Å². The first kappa shape index (κ1) is 26.2. The highest BCUT2D eigenvalue weighted by atomic mass is 32.1. The van der Waals surface area contributed by atoms with Crippen LogP contribution in [0, 0.1) is 0 Å². The van der Waals surface area contributed by atoms with Crippen LogP contribution in [0.1, 0.15) is 49.9 Å². The Morgan fingerprint density at radius 2 is 0.814 bits per heavy atom. The number of hydrogen-bond acceptors (Lipinski definition) is 5. The molecule has 0 radical (unpaired) electrons. The normalized spacial score (nSPS) is 15.1. The molecule has 43 heavy (non-hydrogen) atoms. The van der Waals surface area contributed by atoms with Crippen LogP contribution in [-0.2, 0) is 10.8 Å². The molecule has 1 heterocycles. The molecular weight excluding hydrogens is 548 g/mol. The number of nitrogens with zero attached hydrogens (tertiary/aromatic N) is 2. The molecule has 0 spiro atoms. The number of ether oxygens (including phenoxy) is 2. The van der Waals surface area contributed by atoms with E-state index in [0.717, 1.165) is 44.8 Å². The molecule has 6 aromatic rings. The Kier molecular flexibility index (Phi) is 5.48. The van der Waals surface area contributed by atoms with Crippen LogP contribution in [0.15, 0.2) is 84.9 Å². The minimum atomic E-state index is -0.132. The lowest BCUT2D eigenvalue weighted by atomic mass is 9.81. The van der Waals surface area contributed by atoms with Gasteiger partial charge in [0.1, 0.15) is 22.5 Å². The summed E-state index contributed by atoms with van der Waals surface area (Å²) in [5.74, 6) is 1.79. The van der Waals surface area contributed by atoms with Crippen molar-refractivity contribution in [2.24, 2.45) is 0 Å². The predicted molar refractivity (Wildman–Crippen MR) is 177 cm³/mol. The first-order valence-corrected chi connectivity index (χ1v) is 15.4. The lowest BCUT2D eigenvalue weighted by Gasteiger charge is -2.22. The standard InChI is InChI=1S/C38H32N2O2S/c1-37(2)31-17-21(7-11-27(31)29-13-9-23(41-5)19-33(29)37)25-15-16-26(36-35(25)39-43-40-36)22-8-12-28-30-14-10-24(42-6)20-34(30)38(3,4)32(28)18-22/h7-20H,1-6H3. The average molecular weight is 581 g/mol. The van der Waals surface area contributed by atoms with E-state index in [4.69, 9.17) is 18.2 Å². The lowest BCUT2D eigenvalue weighted by molar-refractivity contribution is 0.413. The molecule has 2 aliphatic carbocycles. The van der Waals surface area contributed by atoms with E-state index >= 15 is 0 Å². The van der Waals surface area contributed by atoms with E-state index in [-0.39, 0.29) is 10.8 Å². The summed E-state index contributed by atoms with van der Waals surface area (Å²) in [5.41, 5.74) is 16.6. The number of methoxy groups -OCH3 is 2. The lowest BCUT2D eigenvalue weighted by Crippen LogP contribution is -2.15. The summed E-state index contributed by atoms with van der Waals surface area (Å²) in [4.78, 5) is 0. The Bertz CT molecular complexity index is 1970. The molecule has 0 saturated carbocycles. The van der Waals surface area contributed by atoms with Gasteiger partial charge in [0.2, 0.25) is 0 Å². The van der Waals surface area contributed by atoms with E-state index < -0.39 is 0 Å². The molecule has 2 aliphatic rings. The fourth-order valence-electron chi connectivity index (χ4n) is 7.35. The van der Waals surface area contributed by atoms with Crippen LogP contribution < -0.4 is 9.47 Å². The van der Waals surface area contributed by atoms with Crippen molar-refractivity contribution in [1.29, 1.82) is 0 Å². The second-order valence-electron chi connectivity index (χ2n) is 12.7. The van der Waals surface area contributed by atoms with E-state index in [1.807, 2.05) is 0 Å². The summed E-state index contributed by atoms with van der Waals surface area (Å²) in [7, 11) is 3.46. The van der Waals surface area contributed by atoms with Gasteiger partial charge in [-0.3, -0.25) is 0 Å².